The molecule has 0 unspecified atom stereocenters. The fraction of sp³-hybridized carbons (Fsp3) is 0.462. The van der Waals surface area contributed by atoms with Gasteiger partial charge in [-0.1, -0.05) is 29.3 Å². The highest BCUT2D eigenvalue weighted by molar-refractivity contribution is 5.55. The van der Waals surface area contributed by atoms with Gasteiger partial charge in [0.05, 0.1) is 6.61 Å². The number of aryl methyl sites for hydroxylation is 2. The molecule has 0 saturated carbocycles. The molecule has 0 spiro atoms. The summed E-state index contributed by atoms with van der Waals surface area (Å²) in [5, 5.41) is 0. The van der Waals surface area contributed by atoms with E-state index >= 15 is 0 Å². The maximum Gasteiger partial charge on any atom is 0.148 e. The van der Waals surface area contributed by atoms with E-state index in [4.69, 9.17) is 10.5 Å². The van der Waals surface area contributed by atoms with Gasteiger partial charge in [-0.2, -0.15) is 0 Å². The summed E-state index contributed by atoms with van der Waals surface area (Å²) in [6, 6.07) is 6.25. The summed E-state index contributed by atoms with van der Waals surface area (Å²) in [6.07, 6.45) is 1.01. The van der Waals surface area contributed by atoms with Crippen LogP contribution in [0.1, 0.15) is 23.1 Å². The van der Waals surface area contributed by atoms with Gasteiger partial charge in [0.1, 0.15) is 12.4 Å². The van der Waals surface area contributed by atoms with Crippen molar-refractivity contribution in [3.8, 4) is 0 Å². The normalized spacial score (nSPS) is 12.4. The first-order valence-electron chi connectivity index (χ1n) is 5.50. The van der Waals surface area contributed by atoms with Gasteiger partial charge in [0, 0.05) is 0 Å². The molecule has 0 fully saturated rings. The molecule has 16 heavy (non-hydrogen) atoms. The van der Waals surface area contributed by atoms with Crippen molar-refractivity contribution in [1.82, 2.24) is 0 Å². The minimum atomic E-state index is -0.384. The molecule has 1 atom stereocenters. The summed E-state index contributed by atoms with van der Waals surface area (Å²) in [7, 11) is 0. The topological polar surface area (TPSA) is 52.3 Å². The lowest BCUT2D eigenvalue weighted by atomic mass is 10.1. The number of hydrogen-bond donors (Lipinski definition) is 1. The van der Waals surface area contributed by atoms with Gasteiger partial charge in [-0.05, 0) is 32.4 Å². The van der Waals surface area contributed by atoms with Gasteiger partial charge < -0.3 is 15.3 Å². The second-order valence-electron chi connectivity index (χ2n) is 4.06. The van der Waals surface area contributed by atoms with Gasteiger partial charge in [-0.15, -0.1) is 0 Å². The van der Waals surface area contributed by atoms with Crippen LogP contribution in [0.3, 0.4) is 0 Å². The molecule has 0 aliphatic carbocycles. The predicted octanol–water partition coefficient (Wildman–Crippen LogP) is 1.74. The van der Waals surface area contributed by atoms with E-state index in [-0.39, 0.29) is 6.10 Å². The highest BCUT2D eigenvalue weighted by atomic mass is 16.5. The summed E-state index contributed by atoms with van der Waals surface area (Å²) in [6.45, 7) is 5.03. The molecule has 2 N–H and O–H groups in total. The smallest absolute Gasteiger partial charge is 0.148 e. The van der Waals surface area contributed by atoms with E-state index in [1.54, 1.807) is 0 Å². The van der Waals surface area contributed by atoms with Crippen molar-refractivity contribution < 1.29 is 9.53 Å². The van der Waals surface area contributed by atoms with E-state index in [2.05, 4.69) is 18.2 Å². The van der Waals surface area contributed by atoms with Crippen LogP contribution < -0.4 is 5.73 Å². The standard InChI is InChI=1S/C13H19NO2/c1-10-5-11(2)7-12(6-10)9-16-13(8-15)3-4-14/h5-8,13H,3-4,9,14H2,1-2H3/t13-/m0/s1. The fourth-order valence-electron chi connectivity index (χ4n) is 1.71. The molecule has 0 bridgehead atoms. The molecular formula is C13H19NO2. The summed E-state index contributed by atoms with van der Waals surface area (Å²) in [4.78, 5) is 10.7. The van der Waals surface area contributed by atoms with E-state index in [0.29, 0.717) is 19.6 Å². The summed E-state index contributed by atoms with van der Waals surface area (Å²) >= 11 is 0. The minimum absolute atomic E-state index is 0.384. The Morgan fingerprint density at radius 1 is 1.31 bits per heavy atom. The van der Waals surface area contributed by atoms with Gasteiger partial charge >= 0.3 is 0 Å². The maximum absolute atomic E-state index is 10.7. The first-order chi connectivity index (χ1) is 7.65. The predicted molar refractivity (Wildman–Crippen MR) is 64.2 cm³/mol. The molecule has 0 saturated heterocycles. The number of carbonyl (C=O) groups is 1. The van der Waals surface area contributed by atoms with Crippen LogP contribution in [-0.2, 0) is 16.1 Å². The maximum atomic E-state index is 10.7. The zero-order valence-electron chi connectivity index (χ0n) is 9.90. The lowest BCUT2D eigenvalue weighted by Gasteiger charge is -2.11. The second-order valence-corrected chi connectivity index (χ2v) is 4.06. The van der Waals surface area contributed by atoms with E-state index in [1.165, 1.54) is 11.1 Å². The second kappa shape index (κ2) is 6.40. The Kier molecular flexibility index (Phi) is 5.15. The first-order valence-corrected chi connectivity index (χ1v) is 5.50. The van der Waals surface area contributed by atoms with Crippen LogP contribution in [0, 0.1) is 13.8 Å². The van der Waals surface area contributed by atoms with Crippen LogP contribution >= 0.6 is 0 Å². The lowest BCUT2D eigenvalue weighted by molar-refractivity contribution is -0.119. The Labute approximate surface area is 96.6 Å². The van der Waals surface area contributed by atoms with Gasteiger partial charge in [0.2, 0.25) is 0 Å². The van der Waals surface area contributed by atoms with E-state index in [0.717, 1.165) is 11.8 Å². The third-order valence-electron chi connectivity index (χ3n) is 2.35. The fourth-order valence-corrected chi connectivity index (χ4v) is 1.71. The molecule has 1 aromatic rings. The number of aldehydes is 1. The average Bonchev–Trinajstić information content (AvgIpc) is 2.23. The number of carbonyl (C=O) groups excluding carboxylic acids is 1. The third kappa shape index (κ3) is 4.13. The Hall–Kier alpha value is -1.19. The monoisotopic (exact) mass is 221 g/mol. The molecule has 3 nitrogen and oxygen atoms in total. The van der Waals surface area contributed by atoms with Crippen LogP contribution in [0.4, 0.5) is 0 Å². The molecule has 0 amide bonds. The average molecular weight is 221 g/mol. The molecule has 3 heteroatoms. The zero-order valence-corrected chi connectivity index (χ0v) is 9.90. The molecule has 0 radical (unpaired) electrons. The summed E-state index contributed by atoms with van der Waals surface area (Å²) in [5.74, 6) is 0. The number of benzene rings is 1. The Morgan fingerprint density at radius 2 is 1.94 bits per heavy atom. The summed E-state index contributed by atoms with van der Waals surface area (Å²) < 4.78 is 5.48. The lowest BCUT2D eigenvalue weighted by Crippen LogP contribution is -2.19. The van der Waals surface area contributed by atoms with Crippen molar-refractivity contribution in [3.63, 3.8) is 0 Å². The highest BCUT2D eigenvalue weighted by Gasteiger charge is 2.06. The van der Waals surface area contributed by atoms with Crippen LogP contribution in [0.25, 0.3) is 0 Å². The molecule has 0 aliphatic heterocycles. The van der Waals surface area contributed by atoms with Gasteiger partial charge in [-0.3, -0.25) is 0 Å². The summed E-state index contributed by atoms with van der Waals surface area (Å²) in [5.41, 5.74) is 8.90. The van der Waals surface area contributed by atoms with Crippen molar-refractivity contribution in [1.29, 1.82) is 0 Å². The number of nitrogens with two attached hydrogens (primary N) is 1. The first kappa shape index (κ1) is 12.9. The number of rotatable bonds is 6. The molecular weight excluding hydrogens is 202 g/mol. The molecule has 0 heterocycles. The molecule has 1 rings (SSSR count). The third-order valence-corrected chi connectivity index (χ3v) is 2.35. The van der Waals surface area contributed by atoms with Crippen LogP contribution in [-0.4, -0.2) is 18.9 Å². The minimum Gasteiger partial charge on any atom is -0.366 e. The Bertz CT molecular complexity index is 330. The number of hydrogen-bond acceptors (Lipinski definition) is 3. The zero-order chi connectivity index (χ0) is 12.0. The molecule has 0 aromatic heterocycles. The Balaban J connectivity index is 2.56. The van der Waals surface area contributed by atoms with Gasteiger partial charge in [0.25, 0.3) is 0 Å². The van der Waals surface area contributed by atoms with Crippen molar-refractivity contribution in [2.75, 3.05) is 6.54 Å². The Morgan fingerprint density at radius 3 is 2.44 bits per heavy atom. The van der Waals surface area contributed by atoms with Gasteiger partial charge in [-0.25, -0.2) is 0 Å². The van der Waals surface area contributed by atoms with E-state index in [9.17, 15) is 4.79 Å². The van der Waals surface area contributed by atoms with Gasteiger partial charge in [0.15, 0.2) is 0 Å². The van der Waals surface area contributed by atoms with Crippen molar-refractivity contribution in [2.24, 2.45) is 5.73 Å². The van der Waals surface area contributed by atoms with Crippen LogP contribution in [0.2, 0.25) is 0 Å². The van der Waals surface area contributed by atoms with Crippen LogP contribution in [0.5, 0.6) is 0 Å². The van der Waals surface area contributed by atoms with Crippen molar-refractivity contribution >= 4 is 6.29 Å². The van der Waals surface area contributed by atoms with E-state index < -0.39 is 0 Å². The van der Waals surface area contributed by atoms with E-state index in [1.807, 2.05) is 13.8 Å². The molecule has 0 aliphatic rings. The number of ether oxygens (including phenoxy) is 1. The SMILES string of the molecule is Cc1cc(C)cc(CO[C@H](C=O)CCN)c1. The highest BCUT2D eigenvalue weighted by Crippen LogP contribution is 2.11. The molecule has 1 aromatic carbocycles. The molecule has 88 valence electrons. The quantitative estimate of drug-likeness (QED) is 0.744. The largest absolute Gasteiger partial charge is 0.366 e. The van der Waals surface area contributed by atoms with Crippen molar-refractivity contribution in [2.45, 2.75) is 33.0 Å². The van der Waals surface area contributed by atoms with Crippen molar-refractivity contribution in [3.05, 3.63) is 34.9 Å². The van der Waals surface area contributed by atoms with Crippen LogP contribution in [0.15, 0.2) is 18.2 Å².